The van der Waals surface area contributed by atoms with Crippen LogP contribution in [0.15, 0.2) is 0 Å². The van der Waals surface area contributed by atoms with E-state index in [2.05, 4.69) is 40.0 Å². The summed E-state index contributed by atoms with van der Waals surface area (Å²) in [5.41, 5.74) is 0. The maximum Gasteiger partial charge on any atom is 0.0594 e. The minimum atomic E-state index is 0.598. The van der Waals surface area contributed by atoms with Gasteiger partial charge in [0, 0.05) is 37.0 Å². The monoisotopic (exact) mass is 278 g/mol. The molecule has 3 nitrogen and oxygen atoms in total. The minimum absolute atomic E-state index is 0.598. The first kappa shape index (κ1) is 13.4. The van der Waals surface area contributed by atoms with Gasteiger partial charge in [-0.1, -0.05) is 22.9 Å². The summed E-state index contributed by atoms with van der Waals surface area (Å²) in [6.45, 7) is 10.6. The number of hydrogen-bond acceptors (Lipinski definition) is 3. The fraction of sp³-hybridized carbons (Fsp3) is 1.00. The van der Waals surface area contributed by atoms with Gasteiger partial charge in [0.05, 0.1) is 13.2 Å². The standard InChI is InChI=1S/C11H23BrN2O/c1-10(12)9-11(2)13-3-4-14-5-7-15-8-6-14/h10-11,13H,3-9H2,1-2H3. The van der Waals surface area contributed by atoms with E-state index in [0.717, 1.165) is 39.4 Å². The molecule has 1 heterocycles. The third-order valence-electron chi connectivity index (χ3n) is 2.70. The van der Waals surface area contributed by atoms with Gasteiger partial charge in [-0.2, -0.15) is 0 Å². The molecule has 1 rings (SSSR count). The van der Waals surface area contributed by atoms with Gasteiger partial charge in [-0.15, -0.1) is 0 Å². The molecule has 0 saturated carbocycles. The van der Waals surface area contributed by atoms with Crippen molar-refractivity contribution in [2.45, 2.75) is 31.1 Å². The highest BCUT2D eigenvalue weighted by atomic mass is 79.9. The molecule has 0 bridgehead atoms. The SMILES string of the molecule is CC(Br)CC(C)NCCN1CCOCC1. The largest absolute Gasteiger partial charge is 0.379 e. The lowest BCUT2D eigenvalue weighted by Crippen LogP contribution is -2.42. The highest BCUT2D eigenvalue weighted by molar-refractivity contribution is 9.09. The molecule has 0 radical (unpaired) electrons. The zero-order chi connectivity index (χ0) is 11.1. The predicted molar refractivity (Wildman–Crippen MR) is 67.7 cm³/mol. The Morgan fingerprint density at radius 2 is 2.00 bits per heavy atom. The number of nitrogens with one attached hydrogen (secondary N) is 1. The summed E-state index contributed by atoms with van der Waals surface area (Å²) in [7, 11) is 0. The smallest absolute Gasteiger partial charge is 0.0594 e. The molecule has 15 heavy (non-hydrogen) atoms. The van der Waals surface area contributed by atoms with Gasteiger partial charge >= 0.3 is 0 Å². The van der Waals surface area contributed by atoms with Gasteiger partial charge in [0.1, 0.15) is 0 Å². The number of hydrogen-bond donors (Lipinski definition) is 1. The van der Waals surface area contributed by atoms with E-state index in [4.69, 9.17) is 4.74 Å². The molecule has 2 unspecified atom stereocenters. The van der Waals surface area contributed by atoms with Gasteiger partial charge < -0.3 is 10.1 Å². The van der Waals surface area contributed by atoms with E-state index in [1.807, 2.05) is 0 Å². The normalized spacial score (nSPS) is 22.6. The Kier molecular flexibility index (Phi) is 6.81. The second-order valence-corrected chi connectivity index (χ2v) is 5.89. The van der Waals surface area contributed by atoms with Crippen molar-refractivity contribution in [3.8, 4) is 0 Å². The molecule has 1 aliphatic rings. The molecule has 0 aliphatic carbocycles. The van der Waals surface area contributed by atoms with Gasteiger partial charge in [-0.05, 0) is 13.3 Å². The number of morpholine rings is 1. The lowest BCUT2D eigenvalue weighted by molar-refractivity contribution is 0.0381. The summed E-state index contributed by atoms with van der Waals surface area (Å²) in [5, 5.41) is 3.55. The van der Waals surface area contributed by atoms with Gasteiger partial charge in [0.2, 0.25) is 0 Å². The van der Waals surface area contributed by atoms with Crippen molar-refractivity contribution in [3.05, 3.63) is 0 Å². The fourth-order valence-electron chi connectivity index (χ4n) is 1.86. The van der Waals surface area contributed by atoms with Crippen molar-refractivity contribution in [2.24, 2.45) is 0 Å². The van der Waals surface area contributed by atoms with Crippen LogP contribution >= 0.6 is 15.9 Å². The molecular weight excluding hydrogens is 256 g/mol. The van der Waals surface area contributed by atoms with Crippen molar-refractivity contribution in [3.63, 3.8) is 0 Å². The summed E-state index contributed by atoms with van der Waals surface area (Å²) in [6, 6.07) is 0.598. The Bertz CT molecular complexity index is 161. The van der Waals surface area contributed by atoms with Crippen LogP contribution in [-0.4, -0.2) is 55.2 Å². The lowest BCUT2D eigenvalue weighted by atomic mass is 10.2. The minimum Gasteiger partial charge on any atom is -0.379 e. The summed E-state index contributed by atoms with van der Waals surface area (Å²) >= 11 is 3.58. The molecule has 1 saturated heterocycles. The highest BCUT2D eigenvalue weighted by Crippen LogP contribution is 2.06. The number of nitrogens with zero attached hydrogens (tertiary/aromatic N) is 1. The van der Waals surface area contributed by atoms with Crippen molar-refractivity contribution in [1.29, 1.82) is 0 Å². The molecule has 0 amide bonds. The number of halogens is 1. The highest BCUT2D eigenvalue weighted by Gasteiger charge is 2.10. The van der Waals surface area contributed by atoms with E-state index in [-0.39, 0.29) is 0 Å². The molecule has 1 aliphatic heterocycles. The van der Waals surface area contributed by atoms with E-state index in [1.54, 1.807) is 0 Å². The zero-order valence-electron chi connectivity index (χ0n) is 9.84. The van der Waals surface area contributed by atoms with E-state index >= 15 is 0 Å². The van der Waals surface area contributed by atoms with Crippen LogP contribution in [0.25, 0.3) is 0 Å². The summed E-state index contributed by atoms with van der Waals surface area (Å²) in [6.07, 6.45) is 1.18. The Hall–Kier alpha value is 0.360. The number of ether oxygens (including phenoxy) is 1. The van der Waals surface area contributed by atoms with Crippen LogP contribution in [0.1, 0.15) is 20.3 Å². The average Bonchev–Trinajstić information content (AvgIpc) is 2.18. The van der Waals surface area contributed by atoms with Crippen molar-refractivity contribution in [1.82, 2.24) is 10.2 Å². The zero-order valence-corrected chi connectivity index (χ0v) is 11.4. The molecule has 0 aromatic rings. The third kappa shape index (κ3) is 6.51. The first-order valence-electron chi connectivity index (χ1n) is 5.86. The molecule has 1 fully saturated rings. The second kappa shape index (κ2) is 7.60. The van der Waals surface area contributed by atoms with Gasteiger partial charge in [-0.25, -0.2) is 0 Å². The molecular formula is C11H23BrN2O. The Labute approximate surface area is 102 Å². The van der Waals surface area contributed by atoms with E-state index in [1.165, 1.54) is 6.42 Å². The molecule has 4 heteroatoms. The molecule has 0 spiro atoms. The van der Waals surface area contributed by atoms with Crippen molar-refractivity contribution in [2.75, 3.05) is 39.4 Å². The van der Waals surface area contributed by atoms with Crippen LogP contribution in [0, 0.1) is 0 Å². The molecule has 0 aromatic carbocycles. The molecule has 0 aromatic heterocycles. The Balaban J connectivity index is 1.99. The number of rotatable bonds is 6. The number of alkyl halides is 1. The summed E-state index contributed by atoms with van der Waals surface area (Å²) < 4.78 is 5.31. The van der Waals surface area contributed by atoms with Crippen LogP contribution in [0.2, 0.25) is 0 Å². The first-order valence-corrected chi connectivity index (χ1v) is 6.77. The van der Waals surface area contributed by atoms with Gasteiger partial charge in [0.25, 0.3) is 0 Å². The van der Waals surface area contributed by atoms with Crippen LogP contribution in [0.4, 0.5) is 0 Å². The maximum absolute atomic E-state index is 5.31. The first-order chi connectivity index (χ1) is 7.18. The molecule has 90 valence electrons. The van der Waals surface area contributed by atoms with Crippen molar-refractivity contribution < 1.29 is 4.74 Å². The lowest BCUT2D eigenvalue weighted by Gasteiger charge is -2.27. The molecule has 2 atom stereocenters. The van der Waals surface area contributed by atoms with Crippen LogP contribution in [-0.2, 0) is 4.74 Å². The van der Waals surface area contributed by atoms with E-state index in [0.29, 0.717) is 10.9 Å². The summed E-state index contributed by atoms with van der Waals surface area (Å²) in [5.74, 6) is 0. The third-order valence-corrected chi connectivity index (χ3v) is 3.08. The average molecular weight is 279 g/mol. The Morgan fingerprint density at radius 3 is 2.60 bits per heavy atom. The van der Waals surface area contributed by atoms with Gasteiger partial charge in [0.15, 0.2) is 0 Å². The second-order valence-electron chi connectivity index (χ2n) is 4.33. The van der Waals surface area contributed by atoms with Crippen molar-refractivity contribution >= 4 is 15.9 Å². The Morgan fingerprint density at radius 1 is 1.33 bits per heavy atom. The van der Waals surface area contributed by atoms with Crippen LogP contribution < -0.4 is 5.32 Å². The van der Waals surface area contributed by atoms with E-state index in [9.17, 15) is 0 Å². The fourth-order valence-corrected chi connectivity index (χ4v) is 2.43. The molecule has 1 N–H and O–H groups in total. The maximum atomic E-state index is 5.31. The van der Waals surface area contributed by atoms with Crippen LogP contribution in [0.5, 0.6) is 0 Å². The van der Waals surface area contributed by atoms with Gasteiger partial charge in [-0.3, -0.25) is 4.90 Å². The predicted octanol–water partition coefficient (Wildman–Crippen LogP) is 1.47. The quantitative estimate of drug-likeness (QED) is 0.745. The van der Waals surface area contributed by atoms with Crippen LogP contribution in [0.3, 0.4) is 0 Å². The topological polar surface area (TPSA) is 24.5 Å². The van der Waals surface area contributed by atoms with E-state index < -0.39 is 0 Å². The summed E-state index contributed by atoms with van der Waals surface area (Å²) in [4.78, 5) is 3.06.